The zero-order chi connectivity index (χ0) is 18.6. The van der Waals surface area contributed by atoms with Crippen LogP contribution in [0.2, 0.25) is 0 Å². The Morgan fingerprint density at radius 1 is 1.20 bits per heavy atom. The molecular weight excluding hydrogens is 314 g/mol. The van der Waals surface area contributed by atoms with Gasteiger partial charge in [-0.2, -0.15) is 5.10 Å². The Labute approximate surface area is 150 Å². The van der Waals surface area contributed by atoms with Crippen LogP contribution in [-0.2, 0) is 18.4 Å². The van der Waals surface area contributed by atoms with E-state index in [0.29, 0.717) is 13.0 Å². The highest BCUT2D eigenvalue weighted by atomic mass is 16.2. The largest absolute Gasteiger partial charge is 0.363 e. The molecule has 1 amide bonds. The van der Waals surface area contributed by atoms with Gasteiger partial charge in [0.25, 0.3) is 0 Å². The van der Waals surface area contributed by atoms with Gasteiger partial charge in [-0.3, -0.25) is 9.48 Å². The molecule has 136 valence electrons. The van der Waals surface area contributed by atoms with Crippen LogP contribution in [0.3, 0.4) is 0 Å². The van der Waals surface area contributed by atoms with E-state index in [1.807, 2.05) is 50.9 Å². The van der Waals surface area contributed by atoms with Crippen molar-refractivity contribution in [2.24, 2.45) is 7.05 Å². The molecule has 0 aliphatic rings. The van der Waals surface area contributed by atoms with Gasteiger partial charge >= 0.3 is 0 Å². The minimum absolute atomic E-state index is 0.0364. The minimum Gasteiger partial charge on any atom is -0.363 e. The monoisotopic (exact) mass is 343 g/mol. The number of aryl methyl sites for hydroxylation is 2. The number of carbonyl (C=O) groups excluding carboxylic acids is 1. The van der Waals surface area contributed by atoms with Crippen molar-refractivity contribution in [3.05, 3.63) is 47.2 Å². The van der Waals surface area contributed by atoms with E-state index in [1.165, 1.54) is 0 Å². The van der Waals surface area contributed by atoms with Crippen molar-refractivity contribution in [1.29, 1.82) is 0 Å². The highest BCUT2D eigenvalue weighted by molar-refractivity contribution is 5.76. The van der Waals surface area contributed by atoms with Gasteiger partial charge in [-0.05, 0) is 12.5 Å². The zero-order valence-corrected chi connectivity index (χ0v) is 16.1. The Hall–Kier alpha value is -2.34. The molecule has 0 radical (unpaired) electrons. The maximum atomic E-state index is 12.2. The van der Waals surface area contributed by atoms with Crippen molar-refractivity contribution in [3.8, 4) is 0 Å². The van der Waals surface area contributed by atoms with Crippen LogP contribution in [0.15, 0.2) is 30.3 Å². The third kappa shape index (κ3) is 4.60. The molecule has 1 atom stereocenters. The van der Waals surface area contributed by atoms with Gasteiger partial charge < -0.3 is 15.1 Å². The summed E-state index contributed by atoms with van der Waals surface area (Å²) < 4.78 is 1.90. The molecule has 0 unspecified atom stereocenters. The van der Waals surface area contributed by atoms with Crippen molar-refractivity contribution in [2.75, 3.05) is 33.1 Å². The van der Waals surface area contributed by atoms with Crippen molar-refractivity contribution in [2.45, 2.75) is 25.9 Å². The third-order valence-electron chi connectivity index (χ3n) is 4.34. The predicted molar refractivity (Wildman–Crippen MR) is 102 cm³/mol. The Balaban J connectivity index is 2.22. The molecule has 0 aliphatic carbocycles. The number of nitrogens with zero attached hydrogens (tertiary/aromatic N) is 4. The number of aromatic nitrogens is 2. The molecule has 6 nitrogen and oxygen atoms in total. The van der Waals surface area contributed by atoms with E-state index in [9.17, 15) is 4.79 Å². The van der Waals surface area contributed by atoms with Gasteiger partial charge in [-0.1, -0.05) is 30.3 Å². The summed E-state index contributed by atoms with van der Waals surface area (Å²) in [6.45, 7) is 2.68. The second-order valence-electron chi connectivity index (χ2n) is 6.74. The summed E-state index contributed by atoms with van der Waals surface area (Å²) >= 11 is 0. The molecule has 0 saturated carbocycles. The second kappa shape index (κ2) is 8.16. The van der Waals surface area contributed by atoms with Crippen LogP contribution in [0.5, 0.6) is 0 Å². The minimum atomic E-state index is -0.0364. The maximum Gasteiger partial charge on any atom is 0.223 e. The summed E-state index contributed by atoms with van der Waals surface area (Å²) in [7, 11) is 9.57. The fraction of sp³-hybridized carbons (Fsp3) is 0.474. The molecule has 0 bridgehead atoms. The van der Waals surface area contributed by atoms with Gasteiger partial charge in [-0.25, -0.2) is 0 Å². The fourth-order valence-corrected chi connectivity index (χ4v) is 3.03. The van der Waals surface area contributed by atoms with Crippen LogP contribution in [0.4, 0.5) is 5.82 Å². The van der Waals surface area contributed by atoms with Crippen molar-refractivity contribution >= 4 is 11.7 Å². The van der Waals surface area contributed by atoms with Gasteiger partial charge in [0.1, 0.15) is 5.82 Å². The molecule has 0 saturated heterocycles. The number of anilines is 1. The maximum absolute atomic E-state index is 12.2. The van der Waals surface area contributed by atoms with E-state index in [1.54, 1.807) is 19.0 Å². The second-order valence-corrected chi connectivity index (χ2v) is 6.74. The average Bonchev–Trinajstić information content (AvgIpc) is 2.85. The molecule has 1 aromatic carbocycles. The average molecular weight is 343 g/mol. The van der Waals surface area contributed by atoms with E-state index >= 15 is 0 Å². The highest BCUT2D eigenvalue weighted by Crippen LogP contribution is 2.24. The lowest BCUT2D eigenvalue weighted by molar-refractivity contribution is -0.129. The standard InChI is InChI=1S/C19H29N5O/c1-14-16(19(23(4)5)24(6)21-14)13-20-17(12-18(25)22(2)3)15-10-8-7-9-11-15/h7-11,17,20H,12-13H2,1-6H3/t17-/m1/s1. The molecule has 25 heavy (non-hydrogen) atoms. The third-order valence-corrected chi connectivity index (χ3v) is 4.34. The first-order valence-electron chi connectivity index (χ1n) is 8.49. The zero-order valence-electron chi connectivity index (χ0n) is 16.1. The number of rotatable bonds is 7. The summed E-state index contributed by atoms with van der Waals surface area (Å²) in [6, 6.07) is 10.1. The number of carbonyl (C=O) groups is 1. The van der Waals surface area contributed by atoms with Crippen LogP contribution in [-0.4, -0.2) is 48.8 Å². The molecule has 0 fully saturated rings. The Kier molecular flexibility index (Phi) is 6.20. The Morgan fingerprint density at radius 2 is 1.84 bits per heavy atom. The lowest BCUT2D eigenvalue weighted by Crippen LogP contribution is -2.30. The van der Waals surface area contributed by atoms with E-state index in [2.05, 4.69) is 27.4 Å². The summed E-state index contributed by atoms with van der Waals surface area (Å²) in [5.74, 6) is 1.19. The van der Waals surface area contributed by atoms with Gasteiger partial charge in [0.15, 0.2) is 0 Å². The quantitative estimate of drug-likeness (QED) is 0.836. The van der Waals surface area contributed by atoms with Gasteiger partial charge in [-0.15, -0.1) is 0 Å². The smallest absolute Gasteiger partial charge is 0.223 e. The first-order valence-corrected chi connectivity index (χ1v) is 8.49. The molecule has 0 spiro atoms. The lowest BCUT2D eigenvalue weighted by Gasteiger charge is -2.22. The number of hydrogen-bond donors (Lipinski definition) is 1. The van der Waals surface area contributed by atoms with Gasteiger partial charge in [0.2, 0.25) is 5.91 Å². The normalized spacial score (nSPS) is 12.1. The first kappa shape index (κ1) is 19.0. The fourth-order valence-electron chi connectivity index (χ4n) is 3.03. The molecule has 2 aromatic rings. The van der Waals surface area contributed by atoms with Crippen LogP contribution in [0.25, 0.3) is 0 Å². The molecule has 1 heterocycles. The van der Waals surface area contributed by atoms with E-state index < -0.39 is 0 Å². The molecule has 2 rings (SSSR count). The van der Waals surface area contributed by atoms with Crippen LogP contribution >= 0.6 is 0 Å². The van der Waals surface area contributed by atoms with E-state index in [0.717, 1.165) is 22.6 Å². The number of benzene rings is 1. The topological polar surface area (TPSA) is 53.4 Å². The predicted octanol–water partition coefficient (Wildman–Crippen LogP) is 2.10. The molecular formula is C19H29N5O. The molecule has 0 aliphatic heterocycles. The van der Waals surface area contributed by atoms with Gasteiger partial charge in [0, 0.05) is 59.8 Å². The van der Waals surface area contributed by atoms with Gasteiger partial charge in [0.05, 0.1) is 5.69 Å². The van der Waals surface area contributed by atoms with Crippen molar-refractivity contribution in [1.82, 2.24) is 20.0 Å². The highest BCUT2D eigenvalue weighted by Gasteiger charge is 2.20. The number of nitrogens with one attached hydrogen (secondary N) is 1. The summed E-state index contributed by atoms with van der Waals surface area (Å²) in [4.78, 5) is 16.0. The van der Waals surface area contributed by atoms with Crippen LogP contribution < -0.4 is 10.2 Å². The lowest BCUT2D eigenvalue weighted by atomic mass is 10.0. The van der Waals surface area contributed by atoms with E-state index in [4.69, 9.17) is 0 Å². The summed E-state index contributed by atoms with van der Waals surface area (Å²) in [6.07, 6.45) is 0.424. The molecule has 1 N–H and O–H groups in total. The van der Waals surface area contributed by atoms with E-state index in [-0.39, 0.29) is 11.9 Å². The number of hydrogen-bond acceptors (Lipinski definition) is 4. The summed E-state index contributed by atoms with van der Waals surface area (Å²) in [5, 5.41) is 8.09. The van der Waals surface area contributed by atoms with Crippen molar-refractivity contribution in [3.63, 3.8) is 0 Å². The van der Waals surface area contributed by atoms with Crippen molar-refractivity contribution < 1.29 is 4.79 Å². The summed E-state index contributed by atoms with van der Waals surface area (Å²) in [5.41, 5.74) is 3.28. The number of amides is 1. The SMILES string of the molecule is Cc1nn(C)c(N(C)C)c1CN[C@H](CC(=O)N(C)C)c1ccccc1. The molecule has 1 aromatic heterocycles. The molecule has 6 heteroatoms. The van der Waals surface area contributed by atoms with Crippen LogP contribution in [0, 0.1) is 6.92 Å². The Bertz CT molecular complexity index is 706. The first-order chi connectivity index (χ1) is 11.8. The Morgan fingerprint density at radius 3 is 2.40 bits per heavy atom. The van der Waals surface area contributed by atoms with Crippen LogP contribution in [0.1, 0.15) is 29.3 Å².